The molecule has 0 saturated carbocycles. The zero-order chi connectivity index (χ0) is 23.7. The molecular weight excluding hydrogens is 428 g/mol. The fourth-order valence-corrected chi connectivity index (χ4v) is 3.47. The van der Waals surface area contributed by atoms with Crippen LogP contribution in [0, 0.1) is 5.92 Å². The first kappa shape index (κ1) is 26.7. The number of nitrogens with two attached hydrogens (primary N) is 1. The van der Waals surface area contributed by atoms with Crippen LogP contribution in [0.4, 0.5) is 0 Å². The summed E-state index contributed by atoms with van der Waals surface area (Å²) in [6.45, 7) is 3.84. The number of nitrogens with zero attached hydrogens (tertiary/aromatic N) is 1. The Morgan fingerprint density at radius 3 is 2.32 bits per heavy atom. The van der Waals surface area contributed by atoms with Gasteiger partial charge in [-0.3, -0.25) is 19.2 Å². The summed E-state index contributed by atoms with van der Waals surface area (Å²) < 4.78 is 0. The fraction of sp³-hybridized carbons (Fsp3) is 0.737. The lowest BCUT2D eigenvalue weighted by atomic mass is 9.96. The third kappa shape index (κ3) is 7.69. The van der Waals surface area contributed by atoms with Gasteiger partial charge in [0.15, 0.2) is 0 Å². The molecule has 11 nitrogen and oxygen atoms in total. The van der Waals surface area contributed by atoms with E-state index in [0.29, 0.717) is 19.3 Å². The minimum atomic E-state index is -1.22. The second-order valence-electron chi connectivity index (χ2n) is 7.68. The largest absolute Gasteiger partial charge is 0.481 e. The topological polar surface area (TPSA) is 179 Å². The zero-order valence-electron chi connectivity index (χ0n) is 17.7. The van der Waals surface area contributed by atoms with E-state index in [2.05, 4.69) is 23.3 Å². The molecule has 6 N–H and O–H groups in total. The third-order valence-corrected chi connectivity index (χ3v) is 5.80. The van der Waals surface area contributed by atoms with Gasteiger partial charge in [0.05, 0.1) is 6.04 Å². The number of carboxylic acid groups (broad SMARTS) is 2. The number of carbonyl (C=O) groups is 5. The molecule has 1 heterocycles. The number of aliphatic carboxylic acids is 2. The van der Waals surface area contributed by atoms with Crippen LogP contribution in [0.15, 0.2) is 0 Å². The summed E-state index contributed by atoms with van der Waals surface area (Å²) in [5.41, 5.74) is 5.61. The van der Waals surface area contributed by atoms with E-state index >= 15 is 0 Å². The van der Waals surface area contributed by atoms with Gasteiger partial charge in [0.1, 0.15) is 18.1 Å². The van der Waals surface area contributed by atoms with Crippen molar-refractivity contribution in [2.45, 2.75) is 70.1 Å². The first-order chi connectivity index (χ1) is 14.5. The van der Waals surface area contributed by atoms with E-state index in [1.165, 1.54) is 4.90 Å². The molecule has 0 radical (unpaired) electrons. The van der Waals surface area contributed by atoms with Crippen molar-refractivity contribution >= 4 is 42.3 Å². The maximum absolute atomic E-state index is 13.1. The van der Waals surface area contributed by atoms with E-state index in [0.717, 1.165) is 0 Å². The lowest BCUT2D eigenvalue weighted by Gasteiger charge is -2.31. The normalized spacial score (nSPS) is 19.7. The maximum Gasteiger partial charge on any atom is 0.326 e. The number of hydrogen-bond donors (Lipinski definition) is 6. The van der Waals surface area contributed by atoms with Crippen LogP contribution in [0.5, 0.6) is 0 Å². The summed E-state index contributed by atoms with van der Waals surface area (Å²) in [5, 5.41) is 23.3. The second kappa shape index (κ2) is 12.5. The van der Waals surface area contributed by atoms with Crippen molar-refractivity contribution in [2.24, 2.45) is 11.7 Å². The Morgan fingerprint density at radius 2 is 1.81 bits per heavy atom. The van der Waals surface area contributed by atoms with Crippen LogP contribution >= 0.6 is 12.6 Å². The molecule has 176 valence electrons. The Kier molecular flexibility index (Phi) is 10.8. The molecule has 5 unspecified atom stereocenters. The third-order valence-electron chi connectivity index (χ3n) is 5.41. The summed E-state index contributed by atoms with van der Waals surface area (Å²) in [6.07, 6.45) is 0.821. The van der Waals surface area contributed by atoms with E-state index in [9.17, 15) is 29.1 Å². The molecule has 1 aliphatic heterocycles. The molecule has 0 spiro atoms. The molecular formula is C19H32N4O7S. The Morgan fingerprint density at radius 1 is 1.16 bits per heavy atom. The molecule has 1 fully saturated rings. The predicted octanol–water partition coefficient (Wildman–Crippen LogP) is -0.800. The molecule has 0 aliphatic carbocycles. The predicted molar refractivity (Wildman–Crippen MR) is 114 cm³/mol. The number of thiol groups is 1. The number of nitrogens with one attached hydrogen (secondary N) is 2. The lowest BCUT2D eigenvalue weighted by molar-refractivity contribution is -0.150. The highest BCUT2D eigenvalue weighted by Crippen LogP contribution is 2.21. The van der Waals surface area contributed by atoms with Gasteiger partial charge < -0.3 is 31.5 Å². The molecule has 1 aliphatic rings. The number of hydrogen-bond acceptors (Lipinski definition) is 7. The second-order valence-corrected chi connectivity index (χ2v) is 8.05. The average Bonchev–Trinajstić information content (AvgIpc) is 3.23. The lowest BCUT2D eigenvalue weighted by Crippen LogP contribution is -2.58. The van der Waals surface area contributed by atoms with Crippen LogP contribution in [0.1, 0.15) is 46.0 Å². The number of likely N-dealkylation sites (tertiary alicyclic amines) is 1. The van der Waals surface area contributed by atoms with Gasteiger partial charge in [-0.2, -0.15) is 12.6 Å². The van der Waals surface area contributed by atoms with Crippen LogP contribution in [0.25, 0.3) is 0 Å². The molecule has 1 rings (SSSR count). The number of carbonyl (C=O) groups excluding carboxylic acids is 3. The molecule has 5 atom stereocenters. The van der Waals surface area contributed by atoms with Gasteiger partial charge in [0.2, 0.25) is 17.7 Å². The molecule has 31 heavy (non-hydrogen) atoms. The van der Waals surface area contributed by atoms with Crippen LogP contribution in [0.2, 0.25) is 0 Å². The van der Waals surface area contributed by atoms with Crippen molar-refractivity contribution in [1.82, 2.24) is 15.5 Å². The van der Waals surface area contributed by atoms with Gasteiger partial charge >= 0.3 is 11.9 Å². The van der Waals surface area contributed by atoms with Crippen LogP contribution in [0.3, 0.4) is 0 Å². The first-order valence-corrected chi connectivity index (χ1v) is 10.9. The standard InChI is InChI=1S/C19H32N4O7S/c1-3-10(2)15(18(28)23-8-4-5-13(23)19(29)30)22-17(27)12(6-7-14(24)25)21-16(26)11(20)9-31/h10-13,15,31H,3-9,20H2,1-2H3,(H,21,26)(H,22,27)(H,24,25)(H,29,30). The Bertz CT molecular complexity index is 690. The highest BCUT2D eigenvalue weighted by Gasteiger charge is 2.39. The van der Waals surface area contributed by atoms with E-state index in [-0.39, 0.29) is 31.1 Å². The minimum absolute atomic E-state index is 0.0264. The Hall–Kier alpha value is -2.34. The minimum Gasteiger partial charge on any atom is -0.481 e. The van der Waals surface area contributed by atoms with Crippen molar-refractivity contribution in [2.75, 3.05) is 12.3 Å². The molecule has 0 aromatic carbocycles. The van der Waals surface area contributed by atoms with Crippen molar-refractivity contribution < 1.29 is 34.2 Å². The zero-order valence-corrected chi connectivity index (χ0v) is 18.6. The molecule has 0 bridgehead atoms. The van der Waals surface area contributed by atoms with Gasteiger partial charge in [-0.15, -0.1) is 0 Å². The van der Waals surface area contributed by atoms with E-state index in [1.807, 2.05) is 6.92 Å². The van der Waals surface area contributed by atoms with Crippen LogP contribution in [-0.4, -0.2) is 81.2 Å². The van der Waals surface area contributed by atoms with Crippen LogP contribution in [-0.2, 0) is 24.0 Å². The first-order valence-electron chi connectivity index (χ1n) is 10.3. The van der Waals surface area contributed by atoms with Gasteiger partial charge in [-0.25, -0.2) is 4.79 Å². The van der Waals surface area contributed by atoms with E-state index < -0.39 is 53.8 Å². The Labute approximate surface area is 186 Å². The number of carboxylic acids is 2. The quantitative estimate of drug-likeness (QED) is 0.205. The summed E-state index contributed by atoms with van der Waals surface area (Å²) >= 11 is 3.93. The van der Waals surface area contributed by atoms with Gasteiger partial charge in [0, 0.05) is 18.7 Å². The highest BCUT2D eigenvalue weighted by molar-refractivity contribution is 7.80. The van der Waals surface area contributed by atoms with Gasteiger partial charge in [0.25, 0.3) is 0 Å². The fourth-order valence-electron chi connectivity index (χ4n) is 3.30. The number of amides is 3. The van der Waals surface area contributed by atoms with Crippen molar-refractivity contribution in [3.05, 3.63) is 0 Å². The Balaban J connectivity index is 3.03. The van der Waals surface area contributed by atoms with Crippen LogP contribution < -0.4 is 16.4 Å². The monoisotopic (exact) mass is 460 g/mol. The average molecular weight is 461 g/mol. The van der Waals surface area contributed by atoms with Crippen molar-refractivity contribution in [3.8, 4) is 0 Å². The molecule has 12 heteroatoms. The summed E-state index contributed by atoms with van der Waals surface area (Å²) in [6, 6.07) is -4.17. The number of rotatable bonds is 12. The van der Waals surface area contributed by atoms with Crippen molar-refractivity contribution in [3.63, 3.8) is 0 Å². The SMILES string of the molecule is CCC(C)C(NC(=O)C(CCC(=O)O)NC(=O)C(N)CS)C(=O)N1CCCC1C(=O)O. The molecule has 0 aromatic rings. The summed E-state index contributed by atoms with van der Waals surface area (Å²) in [4.78, 5) is 61.8. The molecule has 3 amide bonds. The smallest absolute Gasteiger partial charge is 0.326 e. The molecule has 0 aromatic heterocycles. The van der Waals surface area contributed by atoms with E-state index in [1.54, 1.807) is 6.92 Å². The van der Waals surface area contributed by atoms with Crippen molar-refractivity contribution in [1.29, 1.82) is 0 Å². The van der Waals surface area contributed by atoms with Gasteiger partial charge in [-0.05, 0) is 25.2 Å². The van der Waals surface area contributed by atoms with E-state index in [4.69, 9.17) is 10.8 Å². The van der Waals surface area contributed by atoms with Gasteiger partial charge in [-0.1, -0.05) is 20.3 Å². The maximum atomic E-state index is 13.1. The molecule has 1 saturated heterocycles. The summed E-state index contributed by atoms with van der Waals surface area (Å²) in [5.74, 6) is -4.46. The summed E-state index contributed by atoms with van der Waals surface area (Å²) in [7, 11) is 0. The highest BCUT2D eigenvalue weighted by atomic mass is 32.1.